The minimum absolute atomic E-state index is 0.00256. The number of methoxy groups -OCH3 is 2. The lowest BCUT2D eigenvalue weighted by atomic mass is 9.85. The maximum Gasteiger partial charge on any atom is 0.338 e. The standard InChI is InChI=1S/C64H70N14O18S5/c1-28-17-41(80)72-47(63(90-7)94-28)59-70-37(26-100-59)54(83)74-46-49-50(96-42-19-64(3,87)51(75(4)5)29(2)95-42)62(86)92-20-30-9-8-10-39-43(30)32(21-91-49)48(78(39)88)61(85)93-22-33(66-53(82)36-25-99-58(46)69-36)56-67-34(23-98-56)44-31(55-68-35(24-97-55)52(65)81)18-40(89-6)45(73-44)57-71-38(27-101-57)60(84)77-13-11-76(12-14-77)15-16-79/h8-10,18,23-29,32-33,42,46,48-51,79,87-88H,11-17,19-22H2,1-7H3,(H2,65,81)(H,66,82)(H,72,80)(H,74,83)/t28-,29+,32?,33+,42+,46+,48?,49+,50+,51-,64+/m1/s1. The molecule has 11 atom stereocenters. The summed E-state index contributed by atoms with van der Waals surface area (Å²) in [6.07, 6.45) is -6.33. The fourth-order valence-corrected chi connectivity index (χ4v) is 17.5. The number of benzene rings is 1. The number of aliphatic hydroxyl groups is 2. The van der Waals surface area contributed by atoms with E-state index in [0.29, 0.717) is 59.4 Å². The second-order valence-corrected chi connectivity index (χ2v) is 29.4. The van der Waals surface area contributed by atoms with Crippen LogP contribution >= 0.6 is 56.7 Å². The Hall–Kier alpha value is -8.57. The molecule has 13 rings (SSSR count). The predicted octanol–water partition coefficient (Wildman–Crippen LogP) is 3.92. The summed E-state index contributed by atoms with van der Waals surface area (Å²) in [5, 5.41) is 51.6. The minimum atomic E-state index is -1.86. The van der Waals surface area contributed by atoms with Crippen molar-refractivity contribution in [3.8, 4) is 38.4 Å². The van der Waals surface area contributed by atoms with Crippen LogP contribution in [0.3, 0.4) is 0 Å². The Bertz CT molecular complexity index is 4370. The molecule has 2 fully saturated rings. The molecule has 8 N–H and O–H groups in total. The van der Waals surface area contributed by atoms with Gasteiger partial charge < -0.3 is 79.6 Å². The van der Waals surface area contributed by atoms with E-state index in [9.17, 15) is 29.8 Å². The molecule has 6 aliphatic rings. The number of rotatable bonds is 16. The summed E-state index contributed by atoms with van der Waals surface area (Å²) in [5.74, 6) is -6.13. The molecular formula is C64H70N14O18S5. The first-order valence-corrected chi connectivity index (χ1v) is 36.3. The van der Waals surface area contributed by atoms with Crippen molar-refractivity contribution in [2.45, 2.75) is 107 Å². The largest absolute Gasteiger partial charge is 0.494 e. The van der Waals surface area contributed by atoms with Crippen LogP contribution in [0.25, 0.3) is 38.4 Å². The monoisotopic (exact) mass is 1480 g/mol. The summed E-state index contributed by atoms with van der Waals surface area (Å²) >= 11 is 5.20. The maximum absolute atomic E-state index is 15.2. The highest BCUT2D eigenvalue weighted by atomic mass is 32.1. The zero-order chi connectivity index (χ0) is 71.3. The van der Waals surface area contributed by atoms with Gasteiger partial charge in [0.25, 0.3) is 23.6 Å². The van der Waals surface area contributed by atoms with Crippen LogP contribution < -0.4 is 31.5 Å². The number of fused-ring (bicyclic) bond motifs is 4. The van der Waals surface area contributed by atoms with Crippen LogP contribution in [0.1, 0.15) is 120 Å². The lowest BCUT2D eigenvalue weighted by Crippen LogP contribution is -2.62. The number of esters is 2. The zero-order valence-corrected chi connectivity index (χ0v) is 59.4. The van der Waals surface area contributed by atoms with Crippen LogP contribution in [0.2, 0.25) is 0 Å². The Morgan fingerprint density at radius 2 is 1.54 bits per heavy atom. The second kappa shape index (κ2) is 29.4. The number of thiazole rings is 5. The molecule has 6 aliphatic heterocycles. The number of pyridine rings is 1. The quantitative estimate of drug-likeness (QED) is 0.0674. The number of carbonyl (C=O) groups excluding carboxylic acids is 7. The number of hydroxylamine groups is 1. The van der Waals surface area contributed by atoms with Gasteiger partial charge in [0.2, 0.25) is 5.91 Å². The fourth-order valence-electron chi connectivity index (χ4n) is 13.3. The lowest BCUT2D eigenvalue weighted by Gasteiger charge is -2.48. The van der Waals surface area contributed by atoms with Gasteiger partial charge in [-0.2, -0.15) is 0 Å². The summed E-state index contributed by atoms with van der Waals surface area (Å²) in [6.45, 7) is 6.06. The van der Waals surface area contributed by atoms with Gasteiger partial charge in [0.05, 0.1) is 57.3 Å². The van der Waals surface area contributed by atoms with E-state index < -0.39 is 122 Å². The molecule has 0 aliphatic carbocycles. The highest BCUT2D eigenvalue weighted by molar-refractivity contribution is 7.14. The predicted molar refractivity (Wildman–Crippen MR) is 364 cm³/mol. The van der Waals surface area contributed by atoms with Gasteiger partial charge in [-0.1, -0.05) is 12.1 Å². The molecule has 2 unspecified atom stereocenters. The van der Waals surface area contributed by atoms with Gasteiger partial charge in [-0.05, 0) is 58.1 Å². The number of amides is 5. The molecule has 0 radical (unpaired) electrons. The van der Waals surface area contributed by atoms with Gasteiger partial charge in [0.15, 0.2) is 24.1 Å². The molecule has 12 heterocycles. The first-order valence-electron chi connectivity index (χ1n) is 31.9. The summed E-state index contributed by atoms with van der Waals surface area (Å²) in [4.78, 5) is 134. The third kappa shape index (κ3) is 14.4. The number of hydrogen-bond donors (Lipinski definition) is 7. The van der Waals surface area contributed by atoms with E-state index in [2.05, 4.69) is 30.8 Å². The van der Waals surface area contributed by atoms with Gasteiger partial charge in [0.1, 0.15) is 108 Å². The van der Waals surface area contributed by atoms with E-state index in [4.69, 9.17) is 63.6 Å². The van der Waals surface area contributed by atoms with E-state index >= 15 is 19.2 Å². The van der Waals surface area contributed by atoms with Crippen molar-refractivity contribution in [3.05, 3.63) is 106 Å². The molecule has 37 heteroatoms. The van der Waals surface area contributed by atoms with Gasteiger partial charge >= 0.3 is 17.9 Å². The zero-order valence-electron chi connectivity index (χ0n) is 55.3. The number of aliphatic hydroxyl groups excluding tert-OH is 1. The van der Waals surface area contributed by atoms with E-state index in [1.165, 1.54) is 30.4 Å². The third-order valence-electron chi connectivity index (χ3n) is 17.9. The summed E-state index contributed by atoms with van der Waals surface area (Å²) in [6, 6.07) is 1.49. The number of carbonyl (C=O) groups is 7. The Balaban J connectivity index is 0.897. The van der Waals surface area contributed by atoms with Crippen LogP contribution in [0.15, 0.2) is 57.1 Å². The number of piperazine rings is 1. The maximum atomic E-state index is 15.2. The Kier molecular flexibility index (Phi) is 20.6. The molecule has 32 nitrogen and oxygen atoms in total. The summed E-state index contributed by atoms with van der Waals surface area (Å²) in [7, 11) is 6.37. The number of primary amides is 1. The van der Waals surface area contributed by atoms with Crippen LogP contribution in [0, 0.1) is 0 Å². The molecule has 534 valence electrons. The van der Waals surface area contributed by atoms with E-state index in [-0.39, 0.29) is 103 Å². The van der Waals surface area contributed by atoms with Crippen LogP contribution in [-0.4, -0.2) is 231 Å². The number of nitrogens with one attached hydrogen (secondary N) is 3. The van der Waals surface area contributed by atoms with Crippen molar-refractivity contribution in [2.24, 2.45) is 5.73 Å². The van der Waals surface area contributed by atoms with Crippen molar-refractivity contribution in [2.75, 3.05) is 85.9 Å². The molecule has 0 spiro atoms. The number of nitrogens with two attached hydrogens (primary N) is 1. The number of β-amino-alcohol motifs (C(OH)–C–C–N with tert-alkyl or cyclic N) is 1. The van der Waals surface area contributed by atoms with Crippen molar-refractivity contribution in [1.29, 1.82) is 0 Å². The lowest BCUT2D eigenvalue weighted by molar-refractivity contribution is -0.280. The molecule has 1 aromatic carbocycles. The van der Waals surface area contributed by atoms with Crippen LogP contribution in [0.4, 0.5) is 5.69 Å². The molecule has 4 bridgehead atoms. The van der Waals surface area contributed by atoms with Gasteiger partial charge in [-0.15, -0.1) is 56.7 Å². The third-order valence-corrected chi connectivity index (χ3v) is 22.4. The second-order valence-electron chi connectivity index (χ2n) is 25.0. The van der Waals surface area contributed by atoms with Gasteiger partial charge in [-0.3, -0.25) is 34.1 Å². The topological polar surface area (TPSA) is 406 Å². The Morgan fingerprint density at radius 3 is 2.28 bits per heavy atom. The molecule has 0 saturated carbocycles. The van der Waals surface area contributed by atoms with Crippen molar-refractivity contribution >= 4 is 110 Å². The number of ether oxygens (including phenoxy) is 8. The molecule has 6 aromatic heterocycles. The van der Waals surface area contributed by atoms with Gasteiger partial charge in [-0.25, -0.2) is 44.6 Å². The van der Waals surface area contributed by atoms with Crippen molar-refractivity contribution in [1.82, 2.24) is 60.6 Å². The van der Waals surface area contributed by atoms with E-state index in [1.54, 1.807) is 74.8 Å². The normalized spacial score (nSPS) is 25.9. The number of aromatic nitrogens is 6. The average Bonchev–Trinajstić information content (AvgIpc) is 1.05. The summed E-state index contributed by atoms with van der Waals surface area (Å²) in [5.41, 5.74) is 5.89. The molecular weight excluding hydrogens is 1410 g/mol. The molecule has 7 aromatic rings. The van der Waals surface area contributed by atoms with Crippen molar-refractivity contribution in [3.63, 3.8) is 0 Å². The van der Waals surface area contributed by atoms with E-state index in [0.717, 1.165) is 61.7 Å². The number of cyclic esters (lactones) is 2. The highest BCUT2D eigenvalue weighted by Crippen LogP contribution is 2.47. The average molecular weight is 1480 g/mol. The van der Waals surface area contributed by atoms with Crippen LogP contribution in [0.5, 0.6) is 5.75 Å². The smallest absolute Gasteiger partial charge is 0.338 e. The highest BCUT2D eigenvalue weighted by Gasteiger charge is 2.52. The van der Waals surface area contributed by atoms with Crippen molar-refractivity contribution < 1.29 is 86.9 Å². The van der Waals surface area contributed by atoms with E-state index in [1.807, 2.05) is 4.90 Å². The molecule has 101 heavy (non-hydrogen) atoms. The Morgan fingerprint density at radius 1 is 0.832 bits per heavy atom. The van der Waals surface area contributed by atoms with Crippen LogP contribution in [-0.2, 0) is 54.1 Å². The number of anilines is 1. The summed E-state index contributed by atoms with van der Waals surface area (Å²) < 4.78 is 49.7. The molecule has 5 amide bonds. The van der Waals surface area contributed by atoms with Gasteiger partial charge in [0, 0.05) is 77.5 Å². The SMILES string of the molecule is COC1=C(c2nc(C(=O)N[C@@H]3c4nc(cs4)C(=O)N[C@H](c4nc(-c5nc(-c6nc(C(=O)N7CCN(CCO)CC7)cs6)c(OC)cc5-c5nc(C(N)=O)cs5)cs4)COC(=O)C4C5CO[C@@H]3[C@H](O[C@H]3C[C@](C)(O)[C@H](N(C)C)[C@H](C)O3)C(=O)OCc3cccc(c35)N4O)cs2)NC(=O)C[C@@H](C)O1. The number of nitrogens with zero attached hydrogens (tertiary/aromatic N) is 10. The first-order chi connectivity index (χ1) is 48.5. The number of hydrogen-bond acceptors (Lipinski definition) is 32. The minimum Gasteiger partial charge on any atom is -0.494 e. The fraction of sp³-hybridized carbons (Fsp3) is 0.453. The molecule has 2 saturated heterocycles. The number of likely N-dealkylation sites (N-methyl/N-ethyl adjacent to an activating group) is 1. The first kappa shape index (κ1) is 70.8. The Labute approximate surface area is 596 Å².